The number of pyridine rings is 1. The Kier molecular flexibility index (Phi) is 5.29. The van der Waals surface area contributed by atoms with Gasteiger partial charge in [-0.1, -0.05) is 0 Å². The number of carbonyl (C=O) groups is 1. The van der Waals surface area contributed by atoms with Crippen LogP contribution in [0.1, 0.15) is 48.8 Å². The smallest absolute Gasteiger partial charge is 0.337 e. The zero-order valence-corrected chi connectivity index (χ0v) is 15.2. The third-order valence-electron chi connectivity index (χ3n) is 4.40. The number of hydrogen-bond acceptors (Lipinski definition) is 6. The fourth-order valence-corrected chi connectivity index (χ4v) is 3.11. The highest BCUT2D eigenvalue weighted by atomic mass is 19.1. The van der Waals surface area contributed by atoms with Crippen LogP contribution in [0.2, 0.25) is 0 Å². The van der Waals surface area contributed by atoms with Crippen LogP contribution in [0.5, 0.6) is 0 Å². The van der Waals surface area contributed by atoms with Gasteiger partial charge in [-0.05, 0) is 51.0 Å². The van der Waals surface area contributed by atoms with Crippen LogP contribution in [0.3, 0.4) is 0 Å². The first-order chi connectivity index (χ1) is 12.7. The van der Waals surface area contributed by atoms with E-state index >= 15 is 0 Å². The van der Waals surface area contributed by atoms with Gasteiger partial charge in [0.15, 0.2) is 0 Å². The average Bonchev–Trinajstić information content (AvgIpc) is 2.91. The van der Waals surface area contributed by atoms with Crippen molar-refractivity contribution in [3.63, 3.8) is 0 Å². The van der Waals surface area contributed by atoms with Crippen molar-refractivity contribution in [3.05, 3.63) is 53.6 Å². The van der Waals surface area contributed by atoms with Crippen LogP contribution in [-0.2, 0) is 0 Å². The summed E-state index contributed by atoms with van der Waals surface area (Å²) >= 11 is 0. The molecule has 0 fully saturated rings. The van der Waals surface area contributed by atoms with E-state index in [0.717, 1.165) is 12.1 Å². The van der Waals surface area contributed by atoms with Crippen LogP contribution in [0.4, 0.5) is 15.8 Å². The fourth-order valence-electron chi connectivity index (χ4n) is 3.11. The molecule has 1 aromatic heterocycles. The molecule has 0 saturated heterocycles. The van der Waals surface area contributed by atoms with Crippen molar-refractivity contribution in [2.24, 2.45) is 0 Å². The highest BCUT2D eigenvalue weighted by Crippen LogP contribution is 2.34. The Hall–Kier alpha value is -2.71. The van der Waals surface area contributed by atoms with Crippen molar-refractivity contribution < 1.29 is 19.4 Å². The van der Waals surface area contributed by atoms with Gasteiger partial charge in [0, 0.05) is 18.3 Å². The monoisotopic (exact) mass is 374 g/mol. The first-order valence-corrected chi connectivity index (χ1v) is 8.74. The van der Waals surface area contributed by atoms with Crippen molar-refractivity contribution in [2.45, 2.75) is 38.5 Å². The number of halogens is 1. The topological polar surface area (TPSA) is 97.7 Å². The van der Waals surface area contributed by atoms with Crippen molar-refractivity contribution in [1.29, 1.82) is 0 Å². The molecule has 1 aliphatic rings. The summed E-state index contributed by atoms with van der Waals surface area (Å²) in [6.45, 7) is 4.13. The molecule has 0 saturated carbocycles. The number of carboxylic acid groups (broad SMARTS) is 1. The van der Waals surface area contributed by atoms with Gasteiger partial charge in [0.25, 0.3) is 0 Å². The minimum atomic E-state index is -1.07. The normalized spacial score (nSPS) is 16.3. The van der Waals surface area contributed by atoms with Crippen LogP contribution in [0, 0.1) is 5.82 Å². The molecular formula is C19H23FN4O3. The van der Waals surface area contributed by atoms with E-state index in [9.17, 15) is 19.4 Å². The van der Waals surface area contributed by atoms with Crippen LogP contribution in [0.25, 0.3) is 0 Å². The Morgan fingerprint density at radius 2 is 2.19 bits per heavy atom. The van der Waals surface area contributed by atoms with Crippen LogP contribution < -0.4 is 15.8 Å². The summed E-state index contributed by atoms with van der Waals surface area (Å²) in [6.07, 6.45) is 3.69. The number of carboxylic acids is 1. The van der Waals surface area contributed by atoms with E-state index in [1.54, 1.807) is 19.9 Å². The number of hydrazine groups is 1. The second-order valence-corrected chi connectivity index (χ2v) is 7.20. The maximum Gasteiger partial charge on any atom is 0.337 e. The third-order valence-corrected chi connectivity index (χ3v) is 4.40. The Bertz CT molecular complexity index is 838. The third kappa shape index (κ3) is 4.53. The number of aliphatic hydroxyl groups is 1. The number of benzene rings is 1. The molecule has 2 aromatic rings. The molecule has 1 unspecified atom stereocenters. The van der Waals surface area contributed by atoms with Crippen molar-refractivity contribution in [3.8, 4) is 0 Å². The molecule has 0 amide bonds. The maximum atomic E-state index is 13.8. The lowest BCUT2D eigenvalue weighted by atomic mass is 10.0. The lowest BCUT2D eigenvalue weighted by molar-refractivity contribution is 0.0687. The van der Waals surface area contributed by atoms with Gasteiger partial charge in [0.05, 0.1) is 28.7 Å². The second kappa shape index (κ2) is 7.50. The molecule has 2 heterocycles. The minimum absolute atomic E-state index is 0.0882. The van der Waals surface area contributed by atoms with Gasteiger partial charge in [0.1, 0.15) is 12.0 Å². The van der Waals surface area contributed by atoms with Crippen LogP contribution in [-0.4, -0.2) is 33.3 Å². The van der Waals surface area contributed by atoms with E-state index in [-0.39, 0.29) is 11.4 Å². The molecule has 144 valence electrons. The van der Waals surface area contributed by atoms with Gasteiger partial charge in [0.2, 0.25) is 0 Å². The molecule has 8 heteroatoms. The number of aromatic nitrogens is 1. The predicted octanol–water partition coefficient (Wildman–Crippen LogP) is 2.91. The fraction of sp³-hybridized carbons (Fsp3) is 0.368. The Morgan fingerprint density at radius 1 is 1.41 bits per heavy atom. The first-order valence-electron chi connectivity index (χ1n) is 8.74. The Morgan fingerprint density at radius 3 is 2.89 bits per heavy atom. The van der Waals surface area contributed by atoms with Gasteiger partial charge in [-0.2, -0.15) is 0 Å². The lowest BCUT2D eigenvalue weighted by Crippen LogP contribution is -2.38. The number of aromatic carboxylic acids is 1. The van der Waals surface area contributed by atoms with Crippen molar-refractivity contribution in [2.75, 3.05) is 16.9 Å². The molecule has 3 rings (SSSR count). The SMILES string of the molecule is CC(C)(O)CCCN1NC(Nc2cnccc2C(=O)O)c2cc(F)ccc21. The van der Waals surface area contributed by atoms with Gasteiger partial charge in [-0.25, -0.2) is 14.6 Å². The summed E-state index contributed by atoms with van der Waals surface area (Å²) in [5.74, 6) is -1.44. The molecule has 7 nitrogen and oxygen atoms in total. The summed E-state index contributed by atoms with van der Waals surface area (Å²) < 4.78 is 13.8. The number of nitrogens with zero attached hydrogens (tertiary/aromatic N) is 2. The van der Waals surface area contributed by atoms with Crippen molar-refractivity contribution >= 4 is 17.3 Å². The van der Waals surface area contributed by atoms with Gasteiger partial charge < -0.3 is 20.5 Å². The lowest BCUT2D eigenvalue weighted by Gasteiger charge is -2.24. The first kappa shape index (κ1) is 19.1. The van der Waals surface area contributed by atoms with E-state index in [0.29, 0.717) is 24.2 Å². The molecule has 1 aliphatic heterocycles. The number of hydrogen-bond donors (Lipinski definition) is 4. The molecule has 27 heavy (non-hydrogen) atoms. The predicted molar refractivity (Wildman–Crippen MR) is 100.0 cm³/mol. The zero-order chi connectivity index (χ0) is 19.6. The molecule has 1 atom stereocenters. The summed E-state index contributed by atoms with van der Waals surface area (Å²) in [7, 11) is 0. The van der Waals surface area contributed by atoms with Gasteiger partial charge in [-0.15, -0.1) is 0 Å². The largest absolute Gasteiger partial charge is 0.478 e. The minimum Gasteiger partial charge on any atom is -0.478 e. The number of nitrogens with one attached hydrogen (secondary N) is 2. The van der Waals surface area contributed by atoms with Crippen molar-refractivity contribution in [1.82, 2.24) is 10.4 Å². The molecule has 0 spiro atoms. The number of fused-ring (bicyclic) bond motifs is 1. The van der Waals surface area contributed by atoms with E-state index in [1.807, 2.05) is 5.01 Å². The van der Waals surface area contributed by atoms with E-state index in [2.05, 4.69) is 15.7 Å². The van der Waals surface area contributed by atoms with E-state index in [1.165, 1.54) is 30.6 Å². The molecule has 4 N–H and O–H groups in total. The number of rotatable bonds is 7. The zero-order valence-electron chi connectivity index (χ0n) is 15.2. The van der Waals surface area contributed by atoms with Crippen LogP contribution in [0.15, 0.2) is 36.7 Å². The summed E-state index contributed by atoms with van der Waals surface area (Å²) in [4.78, 5) is 15.4. The molecular weight excluding hydrogens is 351 g/mol. The number of anilines is 2. The van der Waals surface area contributed by atoms with Crippen LogP contribution >= 0.6 is 0 Å². The molecule has 0 bridgehead atoms. The molecule has 0 aliphatic carbocycles. The summed E-state index contributed by atoms with van der Waals surface area (Å²) in [5.41, 5.74) is 4.40. The highest BCUT2D eigenvalue weighted by Gasteiger charge is 2.29. The van der Waals surface area contributed by atoms with Gasteiger partial charge >= 0.3 is 5.97 Å². The van der Waals surface area contributed by atoms with Gasteiger partial charge in [-0.3, -0.25) is 4.98 Å². The summed E-state index contributed by atoms with van der Waals surface area (Å²) in [6, 6.07) is 5.91. The van der Waals surface area contributed by atoms with E-state index in [4.69, 9.17) is 0 Å². The average molecular weight is 374 g/mol. The standard InChI is InChI=1S/C19H23FN4O3/c1-19(2,27)7-3-9-24-16-5-4-12(20)10-14(16)17(23-24)22-15-11-21-8-6-13(15)18(25)26/h4-6,8,10-11,17,22-23,27H,3,7,9H2,1-2H3,(H,25,26). The Balaban J connectivity index is 1.81. The summed E-state index contributed by atoms with van der Waals surface area (Å²) in [5, 5.41) is 24.2. The second-order valence-electron chi connectivity index (χ2n) is 7.20. The molecule has 0 radical (unpaired) electrons. The van der Waals surface area contributed by atoms with E-state index < -0.39 is 17.7 Å². The Labute approximate surface area is 156 Å². The highest BCUT2D eigenvalue weighted by molar-refractivity contribution is 5.94. The maximum absolute atomic E-state index is 13.8. The molecule has 1 aromatic carbocycles. The quantitative estimate of drug-likeness (QED) is 0.592.